The number of likely N-dealkylation sites (N-methyl/N-ethyl adjacent to an activating group) is 1. The number of carboxylic acids is 1. The summed E-state index contributed by atoms with van der Waals surface area (Å²) < 4.78 is 22.6. The number of carbonyl (C=O) groups is 3. The maximum absolute atomic E-state index is 12.8. The predicted molar refractivity (Wildman–Crippen MR) is 278 cm³/mol. The predicted octanol–water partition coefficient (Wildman–Crippen LogP) is 14.1. The van der Waals surface area contributed by atoms with Gasteiger partial charge in [-0.2, -0.15) is 0 Å². The van der Waals surface area contributed by atoms with Gasteiger partial charge in [0.15, 0.2) is 12.4 Å². The number of carbonyl (C=O) groups excluding carboxylic acids is 3. The number of aliphatic carboxylic acids is 1. The van der Waals surface area contributed by atoms with Gasteiger partial charge < -0.3 is 33.3 Å². The zero-order chi connectivity index (χ0) is 49.2. The molecule has 9 nitrogen and oxygen atoms in total. The Kier molecular flexibility index (Phi) is 46.8. The largest absolute Gasteiger partial charge is 0.545 e. The van der Waals surface area contributed by atoms with Crippen LogP contribution in [0, 0.1) is 0 Å². The van der Waals surface area contributed by atoms with Crippen LogP contribution in [0.15, 0.2) is 72.9 Å². The lowest BCUT2D eigenvalue weighted by atomic mass is 10.0. The van der Waals surface area contributed by atoms with Crippen LogP contribution in [0.3, 0.4) is 0 Å². The Morgan fingerprint density at radius 1 is 0.463 bits per heavy atom. The Morgan fingerprint density at radius 2 is 0.851 bits per heavy atom. The van der Waals surface area contributed by atoms with Gasteiger partial charge in [-0.1, -0.05) is 196 Å². The van der Waals surface area contributed by atoms with Gasteiger partial charge in [0, 0.05) is 12.8 Å². The number of allylic oxidation sites excluding steroid dienone is 12. The third-order valence-electron chi connectivity index (χ3n) is 11.4. The average molecular weight is 940 g/mol. The monoisotopic (exact) mass is 940 g/mol. The second-order valence-electron chi connectivity index (χ2n) is 19.1. The molecule has 0 radical (unpaired) electrons. The van der Waals surface area contributed by atoms with Crippen LogP contribution in [0.25, 0.3) is 0 Å². The second-order valence-corrected chi connectivity index (χ2v) is 19.1. The summed E-state index contributed by atoms with van der Waals surface area (Å²) in [5.74, 6) is -2.34. The minimum Gasteiger partial charge on any atom is -0.545 e. The molecule has 0 aliphatic carbocycles. The van der Waals surface area contributed by atoms with E-state index in [0.717, 1.165) is 64.2 Å². The van der Waals surface area contributed by atoms with Crippen molar-refractivity contribution >= 4 is 17.9 Å². The molecule has 2 unspecified atom stereocenters. The molecule has 0 bridgehead atoms. The van der Waals surface area contributed by atoms with Crippen molar-refractivity contribution in [3.05, 3.63) is 72.9 Å². The number of esters is 2. The Labute approximate surface area is 411 Å². The zero-order valence-electron chi connectivity index (χ0n) is 43.8. The normalized spacial score (nSPS) is 13.4. The fourth-order valence-corrected chi connectivity index (χ4v) is 7.26. The lowest BCUT2D eigenvalue weighted by Gasteiger charge is -2.26. The summed E-state index contributed by atoms with van der Waals surface area (Å²) in [7, 11) is 5.90. The molecule has 0 saturated heterocycles. The molecule has 9 heteroatoms. The third-order valence-corrected chi connectivity index (χ3v) is 11.4. The van der Waals surface area contributed by atoms with Crippen molar-refractivity contribution in [3.8, 4) is 0 Å². The van der Waals surface area contributed by atoms with Gasteiger partial charge in [-0.25, -0.2) is 0 Å². The lowest BCUT2D eigenvalue weighted by molar-refractivity contribution is -0.870. The van der Waals surface area contributed by atoms with Gasteiger partial charge in [-0.15, -0.1) is 0 Å². The highest BCUT2D eigenvalue weighted by Crippen LogP contribution is 2.15. The van der Waals surface area contributed by atoms with Crippen molar-refractivity contribution in [2.75, 3.05) is 47.5 Å². The van der Waals surface area contributed by atoms with E-state index in [0.29, 0.717) is 17.4 Å². The Balaban J connectivity index is 4.24. The van der Waals surface area contributed by atoms with E-state index in [1.165, 1.54) is 122 Å². The van der Waals surface area contributed by atoms with Gasteiger partial charge in [0.2, 0.25) is 0 Å². The number of hydrogen-bond acceptors (Lipinski definition) is 8. The smallest absolute Gasteiger partial charge is 0.306 e. The summed E-state index contributed by atoms with van der Waals surface area (Å²) in [6.45, 7) is 4.57. The van der Waals surface area contributed by atoms with E-state index in [4.69, 9.17) is 18.9 Å². The van der Waals surface area contributed by atoms with Crippen LogP contribution >= 0.6 is 0 Å². The molecular formula is C58H101NO8. The van der Waals surface area contributed by atoms with E-state index in [2.05, 4.69) is 86.8 Å². The first-order valence-corrected chi connectivity index (χ1v) is 27.1. The third kappa shape index (κ3) is 50.4. The topological polar surface area (TPSA) is 111 Å². The fraction of sp³-hybridized carbons (Fsp3) is 0.741. The van der Waals surface area contributed by atoms with E-state index < -0.39 is 24.3 Å². The van der Waals surface area contributed by atoms with Crippen LogP contribution in [-0.4, -0.2) is 82.3 Å². The Morgan fingerprint density at radius 3 is 1.30 bits per heavy atom. The summed E-state index contributed by atoms with van der Waals surface area (Å²) in [4.78, 5) is 37.1. The quantitative estimate of drug-likeness (QED) is 0.0195. The molecule has 0 aliphatic heterocycles. The van der Waals surface area contributed by atoms with Crippen LogP contribution < -0.4 is 5.11 Å². The number of hydrogen-bond donors (Lipinski definition) is 0. The summed E-state index contributed by atoms with van der Waals surface area (Å²) in [6.07, 6.45) is 59.6. The molecular weight excluding hydrogens is 839 g/mol. The first-order valence-electron chi connectivity index (χ1n) is 27.1. The molecule has 0 aromatic rings. The van der Waals surface area contributed by atoms with Crippen molar-refractivity contribution < 1.29 is 42.9 Å². The van der Waals surface area contributed by atoms with Crippen LogP contribution in [0.4, 0.5) is 0 Å². The molecule has 0 aromatic carbocycles. The minimum absolute atomic E-state index is 0.137. The molecule has 0 saturated carbocycles. The summed E-state index contributed by atoms with van der Waals surface area (Å²) in [5.41, 5.74) is 0. The molecule has 67 heavy (non-hydrogen) atoms. The number of carboxylic acid groups (broad SMARTS) is 1. The highest BCUT2D eigenvalue weighted by molar-refractivity contribution is 5.70. The van der Waals surface area contributed by atoms with Gasteiger partial charge in [-0.05, 0) is 83.5 Å². The number of nitrogens with zero attached hydrogens (tertiary/aromatic N) is 1. The van der Waals surface area contributed by atoms with Gasteiger partial charge in [0.25, 0.3) is 0 Å². The van der Waals surface area contributed by atoms with Crippen molar-refractivity contribution in [1.82, 2.24) is 0 Å². The van der Waals surface area contributed by atoms with Crippen LogP contribution in [0.5, 0.6) is 0 Å². The molecule has 0 N–H and O–H groups in total. The van der Waals surface area contributed by atoms with Crippen LogP contribution in [0.1, 0.15) is 219 Å². The number of quaternary nitrogens is 1. The summed E-state index contributed by atoms with van der Waals surface area (Å²) in [6, 6.07) is 0. The van der Waals surface area contributed by atoms with Gasteiger partial charge in [-0.3, -0.25) is 9.59 Å². The van der Waals surface area contributed by atoms with Crippen molar-refractivity contribution in [2.24, 2.45) is 0 Å². The highest BCUT2D eigenvalue weighted by atomic mass is 16.7. The standard InChI is InChI=1S/C58H101NO8/c1-6-8-10-12-14-16-18-20-22-23-24-25-26-27-28-29-30-31-32-33-35-36-38-40-42-44-46-48-55(60)65-52-54(53-66-58(57(62)63)64-51-50-59(3,4)5)67-56(61)49-47-45-43-41-39-37-34-21-19-17-15-13-11-9-7-2/h9,11,15,17-18,20-21,23-24,34,39,41,54,58H,6-8,10,12-14,16,19,22,25-33,35-38,40,42-53H2,1-5H3/b11-9-,17-15-,20-18-,24-23-,34-21-,41-39-. The maximum Gasteiger partial charge on any atom is 0.306 e. The van der Waals surface area contributed by atoms with Crippen molar-refractivity contribution in [2.45, 2.75) is 232 Å². The van der Waals surface area contributed by atoms with Gasteiger partial charge in [0.1, 0.15) is 13.2 Å². The fourth-order valence-electron chi connectivity index (χ4n) is 7.26. The molecule has 2 atom stereocenters. The zero-order valence-corrected chi connectivity index (χ0v) is 43.8. The first-order chi connectivity index (χ1) is 32.6. The van der Waals surface area contributed by atoms with Crippen LogP contribution in [-0.2, 0) is 33.3 Å². The SMILES string of the molecule is CC/C=C\C/C=C\C/C=C\C/C=C\CCCCC(=O)OC(COC(=O)CCCCCCCCCCCCCCCCC/C=C\C/C=C\CCCCCCC)COC(OCC[N+](C)(C)C)C(=O)[O-]. The molecule has 0 spiro atoms. The van der Waals surface area contributed by atoms with E-state index in [9.17, 15) is 19.5 Å². The number of unbranched alkanes of at least 4 members (excludes halogenated alkanes) is 22. The first kappa shape index (κ1) is 63.7. The average Bonchev–Trinajstić information content (AvgIpc) is 3.29. The Hall–Kier alpha value is -3.27. The molecule has 0 heterocycles. The molecule has 0 aromatic heterocycles. The number of rotatable bonds is 49. The number of ether oxygens (including phenoxy) is 4. The summed E-state index contributed by atoms with van der Waals surface area (Å²) in [5, 5.41) is 11.7. The molecule has 0 amide bonds. The molecule has 386 valence electrons. The van der Waals surface area contributed by atoms with Gasteiger partial charge >= 0.3 is 11.9 Å². The minimum atomic E-state index is -1.63. The van der Waals surface area contributed by atoms with E-state index in [1.807, 2.05) is 21.1 Å². The van der Waals surface area contributed by atoms with Gasteiger partial charge in [0.05, 0.1) is 40.3 Å². The summed E-state index contributed by atoms with van der Waals surface area (Å²) >= 11 is 0. The van der Waals surface area contributed by atoms with E-state index in [1.54, 1.807) is 0 Å². The van der Waals surface area contributed by atoms with E-state index >= 15 is 0 Å². The van der Waals surface area contributed by atoms with E-state index in [-0.39, 0.29) is 38.6 Å². The molecule has 0 fully saturated rings. The lowest BCUT2D eigenvalue weighted by Crippen LogP contribution is -2.44. The second kappa shape index (κ2) is 49.2. The molecule has 0 aliphatic rings. The maximum atomic E-state index is 12.8. The van der Waals surface area contributed by atoms with Crippen molar-refractivity contribution in [1.29, 1.82) is 0 Å². The Bertz CT molecular complexity index is 1330. The van der Waals surface area contributed by atoms with Crippen molar-refractivity contribution in [3.63, 3.8) is 0 Å². The van der Waals surface area contributed by atoms with Crippen LogP contribution in [0.2, 0.25) is 0 Å². The highest BCUT2D eigenvalue weighted by Gasteiger charge is 2.21. The molecule has 0 rings (SSSR count).